The number of benzene rings is 2. The molecule has 3 rings (SSSR count). The van der Waals surface area contributed by atoms with Gasteiger partial charge < -0.3 is 5.32 Å². The van der Waals surface area contributed by atoms with E-state index in [4.69, 9.17) is 0 Å². The van der Waals surface area contributed by atoms with Crippen LogP contribution in [0.4, 0.5) is 5.69 Å². The normalized spacial score (nSPS) is 16.0. The molecule has 0 bridgehead atoms. The quantitative estimate of drug-likeness (QED) is 0.612. The molecule has 1 N–H and O–H groups in total. The fourth-order valence-corrected chi connectivity index (χ4v) is 5.67. The highest BCUT2D eigenvalue weighted by Gasteiger charge is 2.31. The monoisotopic (exact) mass is 492 g/mol. The Bertz CT molecular complexity index is 996. The summed E-state index contributed by atoms with van der Waals surface area (Å²) in [5, 5.41) is 3.12. The predicted molar refractivity (Wildman–Crippen MR) is 125 cm³/mol. The number of sulfonamides is 1. The first-order chi connectivity index (χ1) is 14.2. The van der Waals surface area contributed by atoms with Gasteiger partial charge in [-0.05, 0) is 54.5 Å². The molecule has 5 nitrogen and oxygen atoms in total. The maximum absolute atomic E-state index is 12.9. The maximum Gasteiger partial charge on any atom is 0.227 e. The van der Waals surface area contributed by atoms with E-state index in [-0.39, 0.29) is 17.6 Å². The molecule has 0 atom stereocenters. The van der Waals surface area contributed by atoms with E-state index in [1.165, 1.54) is 4.31 Å². The number of carbonyl (C=O) groups excluding carboxylic acids is 1. The van der Waals surface area contributed by atoms with Crippen LogP contribution < -0.4 is 5.32 Å². The van der Waals surface area contributed by atoms with Gasteiger partial charge in [-0.25, -0.2) is 12.7 Å². The van der Waals surface area contributed by atoms with Crippen molar-refractivity contribution >= 4 is 37.5 Å². The van der Waals surface area contributed by atoms with Crippen molar-refractivity contribution in [1.29, 1.82) is 0 Å². The SMILES string of the molecule is Cc1cccc(C(C)C)c1NC(=O)C1CCN(S(=O)(=O)Cc2ccc(Br)cc2)CC1. The van der Waals surface area contributed by atoms with Gasteiger partial charge in [0, 0.05) is 29.2 Å². The lowest BCUT2D eigenvalue weighted by atomic mass is 9.95. The Morgan fingerprint density at radius 3 is 2.37 bits per heavy atom. The van der Waals surface area contributed by atoms with E-state index in [1.807, 2.05) is 49.4 Å². The highest BCUT2D eigenvalue weighted by molar-refractivity contribution is 9.10. The summed E-state index contributed by atoms with van der Waals surface area (Å²) in [5.74, 6) is 0.101. The van der Waals surface area contributed by atoms with Gasteiger partial charge in [0.05, 0.1) is 5.75 Å². The van der Waals surface area contributed by atoms with E-state index in [9.17, 15) is 13.2 Å². The third-order valence-electron chi connectivity index (χ3n) is 5.66. The number of carbonyl (C=O) groups is 1. The van der Waals surface area contributed by atoms with E-state index < -0.39 is 10.0 Å². The number of nitrogens with one attached hydrogen (secondary N) is 1. The van der Waals surface area contributed by atoms with Gasteiger partial charge in [-0.15, -0.1) is 0 Å². The molecule has 1 aliphatic rings. The summed E-state index contributed by atoms with van der Waals surface area (Å²) in [6.07, 6.45) is 1.07. The average Bonchev–Trinajstić information content (AvgIpc) is 2.71. The van der Waals surface area contributed by atoms with Crippen LogP contribution in [0.5, 0.6) is 0 Å². The Morgan fingerprint density at radius 2 is 1.77 bits per heavy atom. The van der Waals surface area contributed by atoms with Crippen LogP contribution in [-0.4, -0.2) is 31.7 Å². The molecule has 0 aromatic heterocycles. The second-order valence-corrected chi connectivity index (χ2v) is 11.1. The van der Waals surface area contributed by atoms with Crippen molar-refractivity contribution in [3.63, 3.8) is 0 Å². The topological polar surface area (TPSA) is 66.5 Å². The highest BCUT2D eigenvalue weighted by atomic mass is 79.9. The Labute approximate surface area is 188 Å². The van der Waals surface area contributed by atoms with Crippen molar-refractivity contribution in [2.75, 3.05) is 18.4 Å². The van der Waals surface area contributed by atoms with Crippen LogP contribution in [0.1, 0.15) is 49.3 Å². The summed E-state index contributed by atoms with van der Waals surface area (Å²) in [6, 6.07) is 13.4. The molecule has 1 saturated heterocycles. The molecule has 1 aliphatic heterocycles. The lowest BCUT2D eigenvalue weighted by Crippen LogP contribution is -2.42. The zero-order valence-electron chi connectivity index (χ0n) is 17.7. The van der Waals surface area contributed by atoms with Crippen LogP contribution in [0, 0.1) is 12.8 Å². The van der Waals surface area contributed by atoms with Gasteiger partial charge in [0.25, 0.3) is 0 Å². The molecule has 1 fully saturated rings. The number of hydrogen-bond acceptors (Lipinski definition) is 3. The minimum Gasteiger partial charge on any atom is -0.325 e. The number of nitrogens with zero attached hydrogens (tertiary/aromatic N) is 1. The molecule has 30 heavy (non-hydrogen) atoms. The standard InChI is InChI=1S/C23H29BrN2O3S/c1-16(2)21-6-4-5-17(3)22(21)25-23(27)19-11-13-26(14-12-19)30(28,29)15-18-7-9-20(24)10-8-18/h4-10,16,19H,11-15H2,1-3H3,(H,25,27). The summed E-state index contributed by atoms with van der Waals surface area (Å²) < 4.78 is 28.0. The van der Waals surface area contributed by atoms with E-state index in [0.29, 0.717) is 31.8 Å². The van der Waals surface area contributed by atoms with E-state index >= 15 is 0 Å². The van der Waals surface area contributed by atoms with Crippen molar-refractivity contribution in [1.82, 2.24) is 4.31 Å². The first kappa shape index (κ1) is 23.0. The lowest BCUT2D eigenvalue weighted by Gasteiger charge is -2.31. The minimum absolute atomic E-state index is 0.0158. The number of aryl methyl sites for hydroxylation is 1. The first-order valence-electron chi connectivity index (χ1n) is 10.3. The van der Waals surface area contributed by atoms with E-state index in [2.05, 4.69) is 35.1 Å². The zero-order valence-corrected chi connectivity index (χ0v) is 20.1. The number of piperidine rings is 1. The zero-order chi connectivity index (χ0) is 21.9. The molecule has 0 aliphatic carbocycles. The fourth-order valence-electron chi connectivity index (χ4n) is 3.85. The van der Waals surface area contributed by atoms with Crippen LogP contribution in [0.2, 0.25) is 0 Å². The van der Waals surface area contributed by atoms with Gasteiger partial charge in [0.15, 0.2) is 0 Å². The van der Waals surface area contributed by atoms with Crippen LogP contribution >= 0.6 is 15.9 Å². The third-order valence-corrected chi connectivity index (χ3v) is 8.03. The van der Waals surface area contributed by atoms with Crippen molar-refractivity contribution < 1.29 is 13.2 Å². The molecule has 7 heteroatoms. The summed E-state index contributed by atoms with van der Waals surface area (Å²) in [7, 11) is -3.40. The Balaban J connectivity index is 1.61. The van der Waals surface area contributed by atoms with Gasteiger partial charge in [-0.2, -0.15) is 0 Å². The van der Waals surface area contributed by atoms with E-state index in [0.717, 1.165) is 26.9 Å². The minimum atomic E-state index is -3.40. The smallest absolute Gasteiger partial charge is 0.227 e. The van der Waals surface area contributed by atoms with Gasteiger partial charge in [-0.3, -0.25) is 4.79 Å². The predicted octanol–water partition coefficient (Wildman–Crippen LogP) is 5.06. The fraction of sp³-hybridized carbons (Fsp3) is 0.435. The molecule has 0 spiro atoms. The van der Waals surface area contributed by atoms with Gasteiger partial charge >= 0.3 is 0 Å². The molecule has 2 aromatic rings. The van der Waals surface area contributed by atoms with Crippen molar-refractivity contribution in [3.05, 3.63) is 63.6 Å². The largest absolute Gasteiger partial charge is 0.325 e. The van der Waals surface area contributed by atoms with Crippen molar-refractivity contribution in [2.45, 2.75) is 45.3 Å². The van der Waals surface area contributed by atoms with Crippen LogP contribution in [0.3, 0.4) is 0 Å². The van der Waals surface area contributed by atoms with Crippen LogP contribution in [0.15, 0.2) is 46.9 Å². The highest BCUT2D eigenvalue weighted by Crippen LogP contribution is 2.29. The number of hydrogen-bond donors (Lipinski definition) is 1. The molecule has 1 heterocycles. The molecule has 0 saturated carbocycles. The van der Waals surface area contributed by atoms with Crippen LogP contribution in [0.25, 0.3) is 0 Å². The van der Waals surface area contributed by atoms with Gasteiger partial charge in [0.2, 0.25) is 15.9 Å². The number of halogens is 1. The number of rotatable bonds is 6. The number of amides is 1. The summed E-state index contributed by atoms with van der Waals surface area (Å²) in [4.78, 5) is 12.9. The lowest BCUT2D eigenvalue weighted by molar-refractivity contribution is -0.120. The second kappa shape index (κ2) is 9.62. The average molecular weight is 493 g/mol. The molecule has 2 aromatic carbocycles. The van der Waals surface area contributed by atoms with Crippen molar-refractivity contribution in [3.8, 4) is 0 Å². The van der Waals surface area contributed by atoms with Crippen molar-refractivity contribution in [2.24, 2.45) is 5.92 Å². The molecular weight excluding hydrogens is 464 g/mol. The molecule has 1 amide bonds. The number of anilines is 1. The summed E-state index contributed by atoms with van der Waals surface area (Å²) in [5.41, 5.74) is 3.82. The van der Waals surface area contributed by atoms with Gasteiger partial charge in [-0.1, -0.05) is 60.1 Å². The van der Waals surface area contributed by atoms with Crippen LogP contribution in [-0.2, 0) is 20.6 Å². The Kier molecular flexibility index (Phi) is 7.37. The molecule has 0 unspecified atom stereocenters. The third kappa shape index (κ3) is 5.50. The number of para-hydroxylation sites is 1. The summed E-state index contributed by atoms with van der Waals surface area (Å²) >= 11 is 3.36. The van der Waals surface area contributed by atoms with E-state index in [1.54, 1.807) is 0 Å². The first-order valence-corrected chi connectivity index (χ1v) is 12.7. The molecule has 0 radical (unpaired) electrons. The Morgan fingerprint density at radius 1 is 1.13 bits per heavy atom. The second-order valence-electron chi connectivity index (χ2n) is 8.24. The Hall–Kier alpha value is -1.70. The maximum atomic E-state index is 12.9. The molecule has 162 valence electrons. The van der Waals surface area contributed by atoms with Gasteiger partial charge in [0.1, 0.15) is 0 Å². The summed E-state index contributed by atoms with van der Waals surface area (Å²) in [6.45, 7) is 6.97. The molecular formula is C23H29BrN2O3S.